The molecular weight excluding hydrogens is 490 g/mol. The molecule has 0 aliphatic heterocycles. The summed E-state index contributed by atoms with van der Waals surface area (Å²) in [7, 11) is 0. The summed E-state index contributed by atoms with van der Waals surface area (Å²) in [6.07, 6.45) is 3.21. The van der Waals surface area contributed by atoms with Gasteiger partial charge >= 0.3 is 6.09 Å². The van der Waals surface area contributed by atoms with Gasteiger partial charge in [-0.05, 0) is 64.2 Å². The van der Waals surface area contributed by atoms with Crippen molar-refractivity contribution in [1.29, 1.82) is 0 Å². The lowest BCUT2D eigenvalue weighted by molar-refractivity contribution is -0.142. The van der Waals surface area contributed by atoms with Crippen molar-refractivity contribution in [3.63, 3.8) is 0 Å². The van der Waals surface area contributed by atoms with Crippen LogP contribution in [0.2, 0.25) is 0 Å². The molecule has 3 amide bonds. The number of carbonyl (C=O) groups excluding carboxylic acids is 3. The Morgan fingerprint density at radius 3 is 2.23 bits per heavy atom. The van der Waals surface area contributed by atoms with Crippen LogP contribution in [0.5, 0.6) is 0 Å². The highest BCUT2D eigenvalue weighted by molar-refractivity contribution is 5.92. The van der Waals surface area contributed by atoms with Crippen molar-refractivity contribution in [2.45, 2.75) is 98.3 Å². The zero-order chi connectivity index (χ0) is 29.0. The third kappa shape index (κ3) is 10.4. The van der Waals surface area contributed by atoms with Crippen LogP contribution in [0.25, 0.3) is 0 Å². The van der Waals surface area contributed by atoms with Gasteiger partial charge in [-0.2, -0.15) is 0 Å². The zero-order valence-electron chi connectivity index (χ0n) is 24.8. The number of rotatable bonds is 13. The summed E-state index contributed by atoms with van der Waals surface area (Å²) in [4.78, 5) is 42.5. The number of hydrogen-bond donors (Lipinski definition) is 2. The molecule has 0 aliphatic carbocycles. The molecule has 0 spiro atoms. The van der Waals surface area contributed by atoms with Gasteiger partial charge in [-0.3, -0.25) is 9.59 Å². The summed E-state index contributed by atoms with van der Waals surface area (Å²) in [5.41, 5.74) is 2.99. The molecule has 214 valence electrons. The van der Waals surface area contributed by atoms with Crippen LogP contribution in [0, 0.1) is 13.8 Å². The molecule has 0 radical (unpaired) electrons. The van der Waals surface area contributed by atoms with Crippen molar-refractivity contribution in [2.24, 2.45) is 0 Å². The molecule has 0 fully saturated rings. The van der Waals surface area contributed by atoms with Crippen LogP contribution in [0.15, 0.2) is 48.5 Å². The van der Waals surface area contributed by atoms with Crippen LogP contribution < -0.4 is 10.6 Å². The minimum Gasteiger partial charge on any atom is -0.444 e. The molecule has 0 saturated carbocycles. The zero-order valence-corrected chi connectivity index (χ0v) is 24.8. The summed E-state index contributed by atoms with van der Waals surface area (Å²) >= 11 is 0. The Bertz CT molecular complexity index is 1080. The van der Waals surface area contributed by atoms with Crippen molar-refractivity contribution in [2.75, 3.05) is 13.1 Å². The Balaban J connectivity index is 2.50. The van der Waals surface area contributed by atoms with Gasteiger partial charge in [0, 0.05) is 19.5 Å². The lowest BCUT2D eigenvalue weighted by Gasteiger charge is -2.35. The normalized spacial score (nSPS) is 12.8. The van der Waals surface area contributed by atoms with Gasteiger partial charge in [0.05, 0.1) is 0 Å². The summed E-state index contributed by atoms with van der Waals surface area (Å²) < 4.78 is 5.50. The first-order valence-corrected chi connectivity index (χ1v) is 14.2. The average Bonchev–Trinajstić information content (AvgIpc) is 2.86. The lowest BCUT2D eigenvalue weighted by Crippen LogP contribution is -2.54. The molecule has 0 bridgehead atoms. The van der Waals surface area contributed by atoms with E-state index in [1.54, 1.807) is 25.7 Å². The molecule has 2 atom stereocenters. The molecule has 0 aliphatic rings. The van der Waals surface area contributed by atoms with Gasteiger partial charge in [-0.25, -0.2) is 4.79 Å². The molecule has 7 heteroatoms. The van der Waals surface area contributed by atoms with Crippen molar-refractivity contribution in [3.8, 4) is 0 Å². The number of carbonyl (C=O) groups is 3. The molecule has 2 aromatic carbocycles. The van der Waals surface area contributed by atoms with Crippen LogP contribution in [0.4, 0.5) is 4.79 Å². The number of alkyl carbamates (subject to hydrolysis) is 1. The third-order valence-corrected chi connectivity index (χ3v) is 6.38. The maximum atomic E-state index is 14.3. The minimum absolute atomic E-state index is 0.212. The highest BCUT2D eigenvalue weighted by Gasteiger charge is 2.36. The predicted molar refractivity (Wildman–Crippen MR) is 156 cm³/mol. The molecule has 39 heavy (non-hydrogen) atoms. The second-order valence-electron chi connectivity index (χ2n) is 11.2. The van der Waals surface area contributed by atoms with Gasteiger partial charge in [0.25, 0.3) is 0 Å². The number of unbranched alkanes of at least 4 members (excludes halogenated alkanes) is 2. The van der Waals surface area contributed by atoms with E-state index in [0.29, 0.717) is 19.5 Å². The quantitative estimate of drug-likeness (QED) is 0.306. The fourth-order valence-electron chi connectivity index (χ4n) is 4.57. The van der Waals surface area contributed by atoms with E-state index in [0.717, 1.165) is 41.5 Å². The monoisotopic (exact) mass is 537 g/mol. The predicted octanol–water partition coefficient (Wildman–Crippen LogP) is 6.03. The van der Waals surface area contributed by atoms with Crippen molar-refractivity contribution in [1.82, 2.24) is 15.5 Å². The Labute approximate surface area is 234 Å². The molecule has 2 N–H and O–H groups in total. The molecule has 7 nitrogen and oxygen atoms in total. The maximum Gasteiger partial charge on any atom is 0.408 e. The molecule has 0 heterocycles. The van der Waals surface area contributed by atoms with Crippen molar-refractivity contribution >= 4 is 17.9 Å². The number of hydrogen-bond acceptors (Lipinski definition) is 4. The first-order valence-electron chi connectivity index (χ1n) is 14.2. The number of benzene rings is 2. The highest BCUT2D eigenvalue weighted by Crippen LogP contribution is 2.27. The summed E-state index contributed by atoms with van der Waals surface area (Å²) in [6, 6.07) is 13.7. The van der Waals surface area contributed by atoms with E-state index in [4.69, 9.17) is 4.74 Å². The summed E-state index contributed by atoms with van der Waals surface area (Å²) in [5.74, 6) is -0.532. The topological polar surface area (TPSA) is 87.7 Å². The van der Waals surface area contributed by atoms with Gasteiger partial charge in [0.15, 0.2) is 0 Å². The second kappa shape index (κ2) is 15.3. The van der Waals surface area contributed by atoms with Gasteiger partial charge in [-0.1, -0.05) is 80.8 Å². The summed E-state index contributed by atoms with van der Waals surface area (Å²) in [6.45, 7) is 14.3. The van der Waals surface area contributed by atoms with E-state index in [2.05, 4.69) is 17.6 Å². The van der Waals surface area contributed by atoms with Crippen LogP contribution in [0.3, 0.4) is 0 Å². The molecular formula is C32H47N3O4. The van der Waals surface area contributed by atoms with Crippen molar-refractivity contribution < 1.29 is 19.1 Å². The Hall–Kier alpha value is -3.35. The largest absolute Gasteiger partial charge is 0.444 e. The Kier molecular flexibility index (Phi) is 12.5. The number of amides is 3. The van der Waals surface area contributed by atoms with Crippen LogP contribution in [-0.2, 0) is 20.7 Å². The van der Waals surface area contributed by atoms with Gasteiger partial charge < -0.3 is 20.3 Å². The number of ether oxygens (including phenoxy) is 1. The standard InChI is InChI=1S/C32H47N3O4/c1-8-10-14-19-33-29(36)28(26-18-17-23(3)21-24(26)4)35(20-9-2)30(37)27(22-25-15-12-11-13-16-25)34-31(38)39-32(5,6)7/h11-13,15-18,21,27-28H,8-10,14,19-20,22H2,1-7H3,(H,33,36)(H,34,38). The van der Waals surface area contributed by atoms with Gasteiger partial charge in [-0.15, -0.1) is 0 Å². The molecule has 0 saturated heterocycles. The van der Waals surface area contributed by atoms with Crippen LogP contribution in [-0.4, -0.2) is 47.5 Å². The van der Waals surface area contributed by atoms with E-state index in [-0.39, 0.29) is 18.2 Å². The van der Waals surface area contributed by atoms with Gasteiger partial charge in [0.1, 0.15) is 17.7 Å². The second-order valence-corrected chi connectivity index (χ2v) is 11.2. The summed E-state index contributed by atoms with van der Waals surface area (Å²) in [5, 5.41) is 5.87. The van der Waals surface area contributed by atoms with Crippen molar-refractivity contribution in [3.05, 3.63) is 70.8 Å². The third-order valence-electron chi connectivity index (χ3n) is 6.38. The van der Waals surface area contributed by atoms with E-state index >= 15 is 0 Å². The maximum absolute atomic E-state index is 14.3. The highest BCUT2D eigenvalue weighted by atomic mass is 16.6. The smallest absolute Gasteiger partial charge is 0.408 e. The molecule has 2 rings (SSSR count). The Morgan fingerprint density at radius 1 is 0.949 bits per heavy atom. The first-order chi connectivity index (χ1) is 18.5. The van der Waals surface area contributed by atoms with Crippen LogP contribution in [0.1, 0.15) is 88.6 Å². The SMILES string of the molecule is CCCCCNC(=O)C(c1ccc(C)cc1C)N(CCC)C(=O)C(Cc1ccccc1)NC(=O)OC(C)(C)C. The molecule has 2 aromatic rings. The Morgan fingerprint density at radius 2 is 1.64 bits per heavy atom. The number of nitrogens with zero attached hydrogens (tertiary/aromatic N) is 1. The van der Waals surface area contributed by atoms with E-state index in [9.17, 15) is 14.4 Å². The van der Waals surface area contributed by atoms with E-state index < -0.39 is 23.8 Å². The molecule has 0 aromatic heterocycles. The van der Waals surface area contributed by atoms with E-state index in [1.165, 1.54) is 0 Å². The minimum atomic E-state index is -0.907. The molecule has 2 unspecified atom stereocenters. The fourth-order valence-corrected chi connectivity index (χ4v) is 4.57. The van der Waals surface area contributed by atoms with Gasteiger partial charge in [0.2, 0.25) is 11.8 Å². The first kappa shape index (κ1) is 31.9. The number of aryl methyl sites for hydroxylation is 2. The fraction of sp³-hybridized carbons (Fsp3) is 0.531. The van der Waals surface area contributed by atoms with E-state index in [1.807, 2.05) is 69.3 Å². The average molecular weight is 538 g/mol. The number of nitrogens with one attached hydrogen (secondary N) is 2. The lowest BCUT2D eigenvalue weighted by atomic mass is 9.95. The van der Waals surface area contributed by atoms with Crippen LogP contribution >= 0.6 is 0 Å².